The first-order valence-electron chi connectivity index (χ1n) is 9.81. The van der Waals surface area contributed by atoms with Crippen molar-refractivity contribution in [1.29, 1.82) is 0 Å². The normalized spacial score (nSPS) is 19.7. The lowest BCUT2D eigenvalue weighted by Gasteiger charge is -2.28. The van der Waals surface area contributed by atoms with E-state index >= 15 is 0 Å². The highest BCUT2D eigenvalue weighted by molar-refractivity contribution is 5.79. The van der Waals surface area contributed by atoms with E-state index in [0.29, 0.717) is 12.6 Å². The number of hydrogen-bond donors (Lipinski definition) is 3. The molecule has 0 unspecified atom stereocenters. The molecule has 0 saturated heterocycles. The largest absolute Gasteiger partial charge is 0.356 e. The van der Waals surface area contributed by atoms with Crippen LogP contribution in [0.2, 0.25) is 0 Å². The van der Waals surface area contributed by atoms with Crippen LogP contribution in [0.25, 0.3) is 11.0 Å². The fraction of sp³-hybridized carbons (Fsp3) is 0.364. The lowest BCUT2D eigenvalue weighted by atomic mass is 9.85. The van der Waals surface area contributed by atoms with Gasteiger partial charge in [0.2, 0.25) is 11.9 Å². The molecule has 4 rings (SSSR count). The Kier molecular flexibility index (Phi) is 5.37. The summed E-state index contributed by atoms with van der Waals surface area (Å²) in [6.07, 6.45) is 4.72. The third-order valence-electron chi connectivity index (χ3n) is 5.38. The van der Waals surface area contributed by atoms with Crippen molar-refractivity contribution in [2.24, 2.45) is 5.92 Å². The van der Waals surface area contributed by atoms with Crippen molar-refractivity contribution in [2.75, 3.05) is 11.9 Å². The van der Waals surface area contributed by atoms with Crippen LogP contribution in [-0.4, -0.2) is 28.5 Å². The van der Waals surface area contributed by atoms with Crippen LogP contribution < -0.4 is 10.6 Å². The van der Waals surface area contributed by atoms with Crippen LogP contribution in [0.3, 0.4) is 0 Å². The number of anilines is 1. The first-order valence-corrected chi connectivity index (χ1v) is 9.81. The van der Waals surface area contributed by atoms with Gasteiger partial charge in [-0.15, -0.1) is 0 Å². The van der Waals surface area contributed by atoms with E-state index < -0.39 is 0 Å². The summed E-state index contributed by atoms with van der Waals surface area (Å²) in [5.41, 5.74) is 3.29. The predicted molar refractivity (Wildman–Crippen MR) is 109 cm³/mol. The molecule has 5 heteroatoms. The molecule has 3 N–H and O–H groups in total. The topological polar surface area (TPSA) is 69.8 Å². The van der Waals surface area contributed by atoms with Gasteiger partial charge in [-0.25, -0.2) is 4.98 Å². The highest BCUT2D eigenvalue weighted by Gasteiger charge is 2.26. The molecule has 1 heterocycles. The number of carbonyl (C=O) groups is 1. The second-order valence-electron chi connectivity index (χ2n) is 7.32. The number of H-pyrrole nitrogens is 1. The van der Waals surface area contributed by atoms with Crippen LogP contribution in [0, 0.1) is 5.92 Å². The summed E-state index contributed by atoms with van der Waals surface area (Å²) in [7, 11) is 0. The summed E-state index contributed by atoms with van der Waals surface area (Å²) in [5.74, 6) is 1.16. The predicted octanol–water partition coefficient (Wildman–Crippen LogP) is 3.89. The van der Waals surface area contributed by atoms with Gasteiger partial charge in [0.05, 0.1) is 11.0 Å². The maximum absolute atomic E-state index is 12.4. The Hall–Kier alpha value is -2.82. The van der Waals surface area contributed by atoms with Gasteiger partial charge in [0.25, 0.3) is 0 Å². The van der Waals surface area contributed by atoms with Crippen molar-refractivity contribution in [2.45, 2.75) is 38.1 Å². The van der Waals surface area contributed by atoms with Crippen LogP contribution in [-0.2, 0) is 11.2 Å². The van der Waals surface area contributed by atoms with Gasteiger partial charge in [-0.1, -0.05) is 42.5 Å². The second kappa shape index (κ2) is 8.25. The van der Waals surface area contributed by atoms with Crippen molar-refractivity contribution < 1.29 is 4.79 Å². The Morgan fingerprint density at radius 3 is 2.52 bits per heavy atom. The monoisotopic (exact) mass is 362 g/mol. The lowest BCUT2D eigenvalue weighted by molar-refractivity contribution is -0.125. The van der Waals surface area contributed by atoms with Gasteiger partial charge in [-0.3, -0.25) is 4.79 Å². The molecular formula is C22H26N4O. The minimum absolute atomic E-state index is 0.134. The SMILES string of the molecule is O=C(NCCc1ccccc1)C1CCC(Nc2nc3ccccc3[nH]2)CC1. The zero-order valence-electron chi connectivity index (χ0n) is 15.4. The summed E-state index contributed by atoms with van der Waals surface area (Å²) in [5, 5.41) is 6.60. The molecule has 0 bridgehead atoms. The summed E-state index contributed by atoms with van der Waals surface area (Å²) in [4.78, 5) is 20.3. The zero-order chi connectivity index (χ0) is 18.5. The molecule has 1 amide bonds. The average molecular weight is 362 g/mol. The molecule has 1 aliphatic rings. The number of amides is 1. The summed E-state index contributed by atoms with van der Waals surface area (Å²) >= 11 is 0. The van der Waals surface area contributed by atoms with E-state index in [1.807, 2.05) is 42.5 Å². The number of hydrogen-bond acceptors (Lipinski definition) is 3. The van der Waals surface area contributed by atoms with Crippen LogP contribution >= 0.6 is 0 Å². The third kappa shape index (κ3) is 4.48. The summed E-state index contributed by atoms with van der Waals surface area (Å²) < 4.78 is 0. The standard InChI is InChI=1S/C22H26N4O/c27-21(23-15-14-16-6-2-1-3-7-16)17-10-12-18(13-11-17)24-22-25-19-8-4-5-9-20(19)26-22/h1-9,17-18H,10-15H2,(H,23,27)(H2,24,25,26). The second-order valence-corrected chi connectivity index (χ2v) is 7.32. The number of para-hydroxylation sites is 2. The van der Waals surface area contributed by atoms with Crippen LogP contribution in [0.5, 0.6) is 0 Å². The number of nitrogens with one attached hydrogen (secondary N) is 3. The molecule has 0 radical (unpaired) electrons. The van der Waals surface area contributed by atoms with Crippen molar-refractivity contribution in [1.82, 2.24) is 15.3 Å². The maximum Gasteiger partial charge on any atom is 0.223 e. The number of imidazole rings is 1. The molecule has 1 saturated carbocycles. The highest BCUT2D eigenvalue weighted by atomic mass is 16.1. The fourth-order valence-corrected chi connectivity index (χ4v) is 3.83. The van der Waals surface area contributed by atoms with Gasteiger partial charge in [-0.2, -0.15) is 0 Å². The third-order valence-corrected chi connectivity index (χ3v) is 5.38. The van der Waals surface area contributed by atoms with Gasteiger partial charge < -0.3 is 15.6 Å². The zero-order valence-corrected chi connectivity index (χ0v) is 15.4. The van der Waals surface area contributed by atoms with E-state index in [0.717, 1.165) is 49.1 Å². The number of nitrogens with zero attached hydrogens (tertiary/aromatic N) is 1. The van der Waals surface area contributed by atoms with Crippen molar-refractivity contribution in [3.63, 3.8) is 0 Å². The first kappa shape index (κ1) is 17.6. The Morgan fingerprint density at radius 2 is 1.74 bits per heavy atom. The van der Waals surface area contributed by atoms with E-state index in [-0.39, 0.29) is 11.8 Å². The Morgan fingerprint density at radius 1 is 1.00 bits per heavy atom. The number of benzene rings is 2. The molecule has 27 heavy (non-hydrogen) atoms. The number of rotatable bonds is 6. The Labute approximate surface area is 159 Å². The number of fused-ring (bicyclic) bond motifs is 1. The van der Waals surface area contributed by atoms with Gasteiger partial charge in [0, 0.05) is 18.5 Å². The average Bonchev–Trinajstić information content (AvgIpc) is 3.11. The Balaban J connectivity index is 1.21. The number of aromatic amines is 1. The van der Waals surface area contributed by atoms with Crippen LogP contribution in [0.1, 0.15) is 31.2 Å². The summed E-state index contributed by atoms with van der Waals surface area (Å²) in [6.45, 7) is 0.708. The van der Waals surface area contributed by atoms with Crippen molar-refractivity contribution in [3.05, 3.63) is 60.2 Å². The molecule has 1 fully saturated rings. The van der Waals surface area contributed by atoms with E-state index in [1.54, 1.807) is 0 Å². The highest BCUT2D eigenvalue weighted by Crippen LogP contribution is 2.26. The number of carbonyl (C=O) groups excluding carboxylic acids is 1. The molecule has 0 spiro atoms. The maximum atomic E-state index is 12.4. The minimum Gasteiger partial charge on any atom is -0.356 e. The molecule has 3 aromatic rings. The van der Waals surface area contributed by atoms with Gasteiger partial charge in [-0.05, 0) is 49.8 Å². The van der Waals surface area contributed by atoms with E-state index in [4.69, 9.17) is 0 Å². The molecule has 2 aromatic carbocycles. The van der Waals surface area contributed by atoms with Gasteiger partial charge in [0.1, 0.15) is 0 Å². The van der Waals surface area contributed by atoms with E-state index in [1.165, 1.54) is 5.56 Å². The summed E-state index contributed by atoms with van der Waals surface area (Å²) in [6, 6.07) is 18.7. The van der Waals surface area contributed by atoms with Gasteiger partial charge >= 0.3 is 0 Å². The first-order chi connectivity index (χ1) is 13.3. The fourth-order valence-electron chi connectivity index (χ4n) is 3.83. The molecule has 0 aliphatic heterocycles. The van der Waals surface area contributed by atoms with Crippen molar-refractivity contribution in [3.8, 4) is 0 Å². The molecule has 5 nitrogen and oxygen atoms in total. The van der Waals surface area contributed by atoms with E-state index in [9.17, 15) is 4.79 Å². The lowest BCUT2D eigenvalue weighted by Crippen LogP contribution is -2.36. The van der Waals surface area contributed by atoms with Crippen LogP contribution in [0.4, 0.5) is 5.95 Å². The quantitative estimate of drug-likeness (QED) is 0.623. The van der Waals surface area contributed by atoms with Gasteiger partial charge in [0.15, 0.2) is 0 Å². The van der Waals surface area contributed by atoms with Crippen LogP contribution in [0.15, 0.2) is 54.6 Å². The molecule has 0 atom stereocenters. The minimum atomic E-state index is 0.134. The van der Waals surface area contributed by atoms with E-state index in [2.05, 4.69) is 32.7 Å². The Bertz CT molecular complexity index is 848. The smallest absolute Gasteiger partial charge is 0.223 e. The molecule has 1 aliphatic carbocycles. The van der Waals surface area contributed by atoms with Crippen molar-refractivity contribution >= 4 is 22.9 Å². The molecule has 1 aromatic heterocycles. The molecule has 140 valence electrons. The molecular weight excluding hydrogens is 336 g/mol. The number of aromatic nitrogens is 2.